The number of rotatable bonds is 5. The minimum atomic E-state index is -0.397. The first-order chi connectivity index (χ1) is 15.6. The average Bonchev–Trinajstić information content (AvgIpc) is 3.54. The Morgan fingerprint density at radius 1 is 1.06 bits per heavy atom. The summed E-state index contributed by atoms with van der Waals surface area (Å²) in [4.78, 5) is 17.4. The maximum absolute atomic E-state index is 13.1. The fraction of sp³-hybridized carbons (Fsp3) is 0.0435. The number of amides is 1. The van der Waals surface area contributed by atoms with Crippen molar-refractivity contribution in [2.45, 2.75) is 6.92 Å². The molecule has 1 N–H and O–H groups in total. The van der Waals surface area contributed by atoms with Crippen molar-refractivity contribution in [2.24, 2.45) is 0 Å². The number of nitrogens with zero attached hydrogens (tertiary/aromatic N) is 4. The Kier molecular flexibility index (Phi) is 5.04. The van der Waals surface area contributed by atoms with Crippen LogP contribution >= 0.6 is 11.6 Å². The average molecular weight is 446 g/mol. The topological polar surface area (TPSA) is 99.0 Å². The lowest BCUT2D eigenvalue weighted by Gasteiger charge is -2.07. The highest BCUT2D eigenvalue weighted by Gasteiger charge is 2.20. The van der Waals surface area contributed by atoms with Crippen LogP contribution in [0.3, 0.4) is 0 Å². The number of para-hydroxylation sites is 1. The third kappa shape index (κ3) is 3.79. The molecule has 3 aromatic heterocycles. The summed E-state index contributed by atoms with van der Waals surface area (Å²) in [5.74, 6) is 0.995. The molecule has 0 saturated carbocycles. The summed E-state index contributed by atoms with van der Waals surface area (Å²) in [6.07, 6.45) is 1.56. The molecule has 9 heteroatoms. The molecule has 2 aromatic carbocycles. The van der Waals surface area contributed by atoms with E-state index in [4.69, 9.17) is 20.5 Å². The molecule has 158 valence electrons. The second-order valence-electron chi connectivity index (χ2n) is 6.92. The highest BCUT2D eigenvalue weighted by Crippen LogP contribution is 2.28. The summed E-state index contributed by atoms with van der Waals surface area (Å²) in [5.41, 5.74) is 2.69. The summed E-state index contributed by atoms with van der Waals surface area (Å²) in [5, 5.41) is 11.9. The van der Waals surface area contributed by atoms with Gasteiger partial charge in [-0.3, -0.25) is 4.79 Å². The lowest BCUT2D eigenvalue weighted by Crippen LogP contribution is -2.14. The first-order valence-corrected chi connectivity index (χ1v) is 10.1. The van der Waals surface area contributed by atoms with Crippen LogP contribution in [0.5, 0.6) is 0 Å². The highest BCUT2D eigenvalue weighted by molar-refractivity contribution is 6.30. The van der Waals surface area contributed by atoms with Gasteiger partial charge in [-0.05, 0) is 42.5 Å². The molecule has 0 aliphatic heterocycles. The van der Waals surface area contributed by atoms with Gasteiger partial charge in [0.1, 0.15) is 5.69 Å². The number of nitrogens with one attached hydrogen (secondary N) is 1. The molecule has 8 nitrogen and oxygen atoms in total. The summed E-state index contributed by atoms with van der Waals surface area (Å²) in [6.45, 7) is 1.70. The Morgan fingerprint density at radius 2 is 1.94 bits per heavy atom. The first-order valence-electron chi connectivity index (χ1n) is 9.69. The van der Waals surface area contributed by atoms with Gasteiger partial charge in [0.15, 0.2) is 11.5 Å². The molecule has 0 radical (unpaired) electrons. The van der Waals surface area contributed by atoms with Crippen molar-refractivity contribution in [1.82, 2.24) is 19.9 Å². The Labute approximate surface area is 187 Å². The SMILES string of the molecule is Cc1nc(-c2ccccc2NC(=O)c2cc(-c3ccco3)n(-c3cccc(Cl)c3)n2)no1. The van der Waals surface area contributed by atoms with Gasteiger partial charge in [-0.25, -0.2) is 4.68 Å². The zero-order valence-corrected chi connectivity index (χ0v) is 17.6. The highest BCUT2D eigenvalue weighted by atomic mass is 35.5. The summed E-state index contributed by atoms with van der Waals surface area (Å²) >= 11 is 6.16. The zero-order chi connectivity index (χ0) is 22.1. The Balaban J connectivity index is 1.52. The van der Waals surface area contributed by atoms with Crippen LogP contribution in [0.25, 0.3) is 28.5 Å². The molecule has 3 heterocycles. The van der Waals surface area contributed by atoms with Crippen LogP contribution < -0.4 is 5.32 Å². The van der Waals surface area contributed by atoms with Crippen molar-refractivity contribution in [1.29, 1.82) is 0 Å². The molecule has 0 spiro atoms. The predicted octanol–water partition coefficient (Wildman–Crippen LogP) is 5.40. The number of halogens is 1. The van der Waals surface area contributed by atoms with Gasteiger partial charge in [0.25, 0.3) is 5.91 Å². The zero-order valence-electron chi connectivity index (χ0n) is 16.8. The number of carbonyl (C=O) groups is 1. The van der Waals surface area contributed by atoms with E-state index >= 15 is 0 Å². The van der Waals surface area contributed by atoms with Crippen molar-refractivity contribution in [3.05, 3.63) is 89.6 Å². The largest absolute Gasteiger partial charge is 0.463 e. The number of hydrogen-bond acceptors (Lipinski definition) is 6. The molecule has 0 bridgehead atoms. The van der Waals surface area contributed by atoms with Gasteiger partial charge in [0.2, 0.25) is 11.7 Å². The third-order valence-corrected chi connectivity index (χ3v) is 4.95. The monoisotopic (exact) mass is 445 g/mol. The lowest BCUT2D eigenvalue weighted by molar-refractivity contribution is 0.102. The van der Waals surface area contributed by atoms with Crippen LogP contribution in [0, 0.1) is 6.92 Å². The molecule has 0 aliphatic carbocycles. The maximum atomic E-state index is 13.1. The number of aromatic nitrogens is 4. The van der Waals surface area contributed by atoms with Crippen molar-refractivity contribution >= 4 is 23.2 Å². The molecule has 0 fully saturated rings. The molecule has 5 rings (SSSR count). The van der Waals surface area contributed by atoms with Crippen LogP contribution in [0.4, 0.5) is 5.69 Å². The van der Waals surface area contributed by atoms with Gasteiger partial charge in [-0.1, -0.05) is 35.0 Å². The van der Waals surface area contributed by atoms with E-state index in [9.17, 15) is 4.79 Å². The van der Waals surface area contributed by atoms with Gasteiger partial charge >= 0.3 is 0 Å². The molecule has 0 unspecified atom stereocenters. The maximum Gasteiger partial charge on any atom is 0.276 e. The third-order valence-electron chi connectivity index (χ3n) is 4.71. The number of carbonyl (C=O) groups excluding carboxylic acids is 1. The number of hydrogen-bond donors (Lipinski definition) is 1. The molecule has 0 atom stereocenters. The predicted molar refractivity (Wildman–Crippen MR) is 119 cm³/mol. The smallest absolute Gasteiger partial charge is 0.276 e. The van der Waals surface area contributed by atoms with E-state index in [0.717, 1.165) is 0 Å². The van der Waals surface area contributed by atoms with Crippen LogP contribution in [0.1, 0.15) is 16.4 Å². The molecule has 0 aliphatic rings. The minimum absolute atomic E-state index is 0.204. The van der Waals surface area contributed by atoms with Crippen LogP contribution in [0.2, 0.25) is 5.02 Å². The van der Waals surface area contributed by atoms with Crippen molar-refractivity contribution < 1.29 is 13.7 Å². The quantitative estimate of drug-likeness (QED) is 0.389. The molecule has 1 amide bonds. The van der Waals surface area contributed by atoms with Crippen LogP contribution in [-0.4, -0.2) is 25.8 Å². The van der Waals surface area contributed by atoms with E-state index in [0.29, 0.717) is 45.1 Å². The summed E-state index contributed by atoms with van der Waals surface area (Å²) in [7, 11) is 0. The van der Waals surface area contributed by atoms with Crippen molar-refractivity contribution in [2.75, 3.05) is 5.32 Å². The molecule has 0 saturated heterocycles. The number of furan rings is 1. The number of benzene rings is 2. The van der Waals surface area contributed by atoms with Gasteiger partial charge in [0.05, 0.1) is 17.6 Å². The number of aryl methyl sites for hydroxylation is 1. The molecular formula is C23H16ClN5O3. The van der Waals surface area contributed by atoms with E-state index in [1.807, 2.05) is 24.3 Å². The van der Waals surface area contributed by atoms with Gasteiger partial charge < -0.3 is 14.3 Å². The molecular weight excluding hydrogens is 430 g/mol. The van der Waals surface area contributed by atoms with E-state index < -0.39 is 5.91 Å². The minimum Gasteiger partial charge on any atom is -0.463 e. The van der Waals surface area contributed by atoms with Crippen molar-refractivity contribution in [3.8, 4) is 28.5 Å². The van der Waals surface area contributed by atoms with Crippen molar-refractivity contribution in [3.63, 3.8) is 0 Å². The van der Waals surface area contributed by atoms with Gasteiger partial charge in [-0.15, -0.1) is 0 Å². The normalized spacial score (nSPS) is 10.9. The van der Waals surface area contributed by atoms with Crippen LogP contribution in [0.15, 0.2) is 81.9 Å². The fourth-order valence-corrected chi connectivity index (χ4v) is 3.46. The Hall–Kier alpha value is -4.17. The van der Waals surface area contributed by atoms with Crippen LogP contribution in [-0.2, 0) is 0 Å². The Morgan fingerprint density at radius 3 is 2.69 bits per heavy atom. The Bertz CT molecular complexity index is 1400. The van der Waals surface area contributed by atoms with E-state index in [2.05, 4.69) is 20.6 Å². The molecule has 32 heavy (non-hydrogen) atoms. The fourth-order valence-electron chi connectivity index (χ4n) is 3.28. The van der Waals surface area contributed by atoms with E-state index in [1.54, 1.807) is 60.3 Å². The van der Waals surface area contributed by atoms with E-state index in [1.165, 1.54) is 0 Å². The second-order valence-corrected chi connectivity index (χ2v) is 7.36. The first kappa shape index (κ1) is 19.8. The summed E-state index contributed by atoms with van der Waals surface area (Å²) in [6, 6.07) is 19.6. The standard InChI is InChI=1S/C23H16ClN5O3/c1-14-25-22(28-32-14)17-8-2-3-9-18(17)26-23(30)19-13-20(21-10-5-11-31-21)29(27-19)16-7-4-6-15(24)12-16/h2-13H,1H3,(H,26,30). The van der Waals surface area contributed by atoms with Gasteiger partial charge in [0, 0.05) is 23.6 Å². The molecule has 5 aromatic rings. The number of anilines is 1. The lowest BCUT2D eigenvalue weighted by atomic mass is 10.1. The van der Waals surface area contributed by atoms with Gasteiger partial charge in [-0.2, -0.15) is 10.1 Å². The second kappa shape index (κ2) is 8.16. The van der Waals surface area contributed by atoms with E-state index in [-0.39, 0.29) is 5.69 Å². The summed E-state index contributed by atoms with van der Waals surface area (Å²) < 4.78 is 12.2.